The number of rotatable bonds is 14. The first-order chi connectivity index (χ1) is 20.1. The highest BCUT2D eigenvalue weighted by Crippen LogP contribution is 2.37. The number of benzene rings is 1. The molecule has 4 rings (SSSR count). The number of hydrogen-bond acceptors (Lipinski definition) is 8. The van der Waals surface area contributed by atoms with Crippen LogP contribution < -0.4 is 4.74 Å². The van der Waals surface area contributed by atoms with E-state index in [1.165, 1.54) is 7.11 Å². The maximum absolute atomic E-state index is 13.2. The molecule has 1 aromatic carbocycles. The largest absolute Gasteiger partial charge is 0.491 e. The Labute approximate surface area is 243 Å². The predicted octanol–water partition coefficient (Wildman–Crippen LogP) is 5.71. The number of para-hydroxylation sites is 1. The highest BCUT2D eigenvalue weighted by molar-refractivity contribution is 5.85. The van der Waals surface area contributed by atoms with Gasteiger partial charge in [0.15, 0.2) is 12.6 Å². The lowest BCUT2D eigenvalue weighted by Crippen LogP contribution is -2.32. The number of carbonyl (C=O) groups is 2. The molecule has 2 unspecified atom stereocenters. The molecule has 2 saturated heterocycles. The van der Waals surface area contributed by atoms with Crippen LogP contribution in [0.5, 0.6) is 5.75 Å². The summed E-state index contributed by atoms with van der Waals surface area (Å²) in [5.74, 6) is 0.296. The van der Waals surface area contributed by atoms with Crippen molar-refractivity contribution in [3.05, 3.63) is 60.4 Å². The number of esters is 1. The van der Waals surface area contributed by atoms with Crippen molar-refractivity contribution in [1.29, 1.82) is 0 Å². The Kier molecular flexibility index (Phi) is 13.1. The van der Waals surface area contributed by atoms with Crippen molar-refractivity contribution in [3.63, 3.8) is 0 Å². The maximum atomic E-state index is 13.2. The van der Waals surface area contributed by atoms with Gasteiger partial charge >= 0.3 is 5.97 Å². The molecule has 1 aromatic rings. The molecule has 3 fully saturated rings. The molecule has 3 aliphatic rings. The van der Waals surface area contributed by atoms with Gasteiger partial charge in [-0.1, -0.05) is 30.4 Å². The summed E-state index contributed by atoms with van der Waals surface area (Å²) in [6.07, 6.45) is 14.2. The Bertz CT molecular complexity index is 1020. The Morgan fingerprint density at radius 2 is 1.80 bits per heavy atom. The van der Waals surface area contributed by atoms with Crippen LogP contribution in [-0.4, -0.2) is 63.5 Å². The average molecular weight is 569 g/mol. The third-order valence-corrected chi connectivity index (χ3v) is 7.67. The van der Waals surface area contributed by atoms with Gasteiger partial charge in [0.1, 0.15) is 24.2 Å². The number of ketones is 1. The third-order valence-electron chi connectivity index (χ3n) is 7.67. The lowest BCUT2D eigenvalue weighted by Gasteiger charge is -2.29. The zero-order valence-corrected chi connectivity index (χ0v) is 24.1. The first-order valence-corrected chi connectivity index (χ1v) is 15.0. The number of carbonyl (C=O) groups excluding carboxylic acids is 2. The van der Waals surface area contributed by atoms with Gasteiger partial charge in [0, 0.05) is 37.9 Å². The lowest BCUT2D eigenvalue weighted by atomic mass is 9.90. The van der Waals surface area contributed by atoms with Crippen LogP contribution in [0.4, 0.5) is 0 Å². The average Bonchev–Trinajstić information content (AvgIpc) is 3.30. The molecule has 1 aliphatic carbocycles. The molecule has 1 saturated carbocycles. The van der Waals surface area contributed by atoms with Crippen molar-refractivity contribution in [2.45, 2.75) is 89.0 Å². The number of allylic oxidation sites excluding steroid dienone is 1. The van der Waals surface area contributed by atoms with E-state index in [1.54, 1.807) is 6.08 Å². The van der Waals surface area contributed by atoms with Gasteiger partial charge in [-0.3, -0.25) is 9.59 Å². The maximum Gasteiger partial charge on any atom is 0.305 e. The summed E-state index contributed by atoms with van der Waals surface area (Å²) >= 11 is 0. The second-order valence-corrected chi connectivity index (χ2v) is 10.7. The van der Waals surface area contributed by atoms with Crippen molar-refractivity contribution >= 4 is 11.8 Å². The van der Waals surface area contributed by atoms with E-state index in [-0.39, 0.29) is 48.4 Å². The summed E-state index contributed by atoms with van der Waals surface area (Å²) < 4.78 is 35.1. The zero-order chi connectivity index (χ0) is 28.7. The van der Waals surface area contributed by atoms with E-state index in [4.69, 9.17) is 23.7 Å². The molecular weight excluding hydrogens is 524 g/mol. The van der Waals surface area contributed by atoms with Crippen molar-refractivity contribution in [2.75, 3.05) is 26.9 Å². The Morgan fingerprint density at radius 1 is 1.05 bits per heavy atom. The molecule has 0 aromatic heterocycles. The van der Waals surface area contributed by atoms with Gasteiger partial charge in [-0.05, 0) is 75.7 Å². The smallest absolute Gasteiger partial charge is 0.305 e. The molecule has 8 heteroatoms. The summed E-state index contributed by atoms with van der Waals surface area (Å²) in [6.45, 7) is 1.70. The Morgan fingerprint density at radius 3 is 2.51 bits per heavy atom. The Balaban J connectivity index is 1.46. The second-order valence-electron chi connectivity index (χ2n) is 10.7. The quantitative estimate of drug-likeness (QED) is 0.160. The van der Waals surface area contributed by atoms with Crippen molar-refractivity contribution < 1.29 is 38.0 Å². The minimum Gasteiger partial charge on any atom is -0.491 e. The van der Waals surface area contributed by atoms with Crippen LogP contribution in [0.3, 0.4) is 0 Å². The van der Waals surface area contributed by atoms with E-state index in [0.717, 1.165) is 44.3 Å². The minimum absolute atomic E-state index is 0.142. The van der Waals surface area contributed by atoms with E-state index >= 15 is 0 Å². The van der Waals surface area contributed by atoms with Gasteiger partial charge < -0.3 is 28.4 Å². The van der Waals surface area contributed by atoms with E-state index in [2.05, 4.69) is 16.5 Å². The zero-order valence-electron chi connectivity index (χ0n) is 24.1. The van der Waals surface area contributed by atoms with Crippen LogP contribution in [0.2, 0.25) is 0 Å². The van der Waals surface area contributed by atoms with Gasteiger partial charge in [0.25, 0.3) is 0 Å². The van der Waals surface area contributed by atoms with E-state index < -0.39 is 0 Å². The van der Waals surface area contributed by atoms with E-state index in [0.29, 0.717) is 45.5 Å². The summed E-state index contributed by atoms with van der Waals surface area (Å²) in [5.41, 5.74) is 3.13. The van der Waals surface area contributed by atoms with Gasteiger partial charge in [-0.2, -0.15) is 0 Å². The summed E-state index contributed by atoms with van der Waals surface area (Å²) in [7, 11) is 1.38. The van der Waals surface area contributed by atoms with Crippen LogP contribution >= 0.6 is 0 Å². The number of ether oxygens (including phenoxy) is 6. The number of Topliss-reactive ketones (excluding diaryl/α,β-unsaturated/α-hetero) is 1. The van der Waals surface area contributed by atoms with Crippen molar-refractivity contribution in [3.8, 4) is 5.75 Å². The fourth-order valence-corrected chi connectivity index (χ4v) is 5.41. The molecular formula is C33H44O8. The highest BCUT2D eigenvalue weighted by atomic mass is 16.7. The molecule has 2 heterocycles. The summed E-state index contributed by atoms with van der Waals surface area (Å²) in [4.78, 5) is 24.5. The molecule has 0 radical (unpaired) electrons. The van der Waals surface area contributed by atoms with Crippen LogP contribution in [0, 0.1) is 11.8 Å². The first-order valence-electron chi connectivity index (χ1n) is 15.0. The molecule has 8 nitrogen and oxygen atoms in total. The predicted molar refractivity (Wildman–Crippen MR) is 153 cm³/mol. The minimum atomic E-state index is -0.352. The van der Waals surface area contributed by atoms with E-state index in [1.807, 2.05) is 42.5 Å². The normalized spacial score (nSPS) is 27.2. The highest BCUT2D eigenvalue weighted by Gasteiger charge is 2.42. The molecule has 0 spiro atoms. The van der Waals surface area contributed by atoms with Gasteiger partial charge in [-0.15, -0.1) is 5.73 Å². The summed E-state index contributed by atoms with van der Waals surface area (Å²) in [5, 5.41) is 0. The van der Waals surface area contributed by atoms with E-state index in [9.17, 15) is 9.59 Å². The second kappa shape index (κ2) is 17.3. The van der Waals surface area contributed by atoms with Crippen molar-refractivity contribution in [2.24, 2.45) is 11.8 Å². The van der Waals surface area contributed by atoms with Crippen LogP contribution in [0.25, 0.3) is 0 Å². The first kappa shape index (κ1) is 31.2. The van der Waals surface area contributed by atoms with Crippen LogP contribution in [0.15, 0.2) is 60.4 Å². The molecule has 0 N–H and O–H groups in total. The third kappa shape index (κ3) is 10.6. The van der Waals surface area contributed by atoms with Gasteiger partial charge in [0.2, 0.25) is 0 Å². The molecule has 224 valence electrons. The fraction of sp³-hybridized carbons (Fsp3) is 0.606. The van der Waals surface area contributed by atoms with Crippen LogP contribution in [0.1, 0.15) is 64.2 Å². The summed E-state index contributed by atoms with van der Waals surface area (Å²) in [6, 6.07) is 9.66. The molecule has 2 aliphatic heterocycles. The van der Waals surface area contributed by atoms with Crippen LogP contribution in [-0.2, 0) is 33.3 Å². The van der Waals surface area contributed by atoms with Gasteiger partial charge in [-0.25, -0.2) is 0 Å². The molecule has 0 bridgehead atoms. The lowest BCUT2D eigenvalue weighted by molar-refractivity contribution is -0.192. The topological polar surface area (TPSA) is 89.5 Å². The molecule has 6 atom stereocenters. The Hall–Kier alpha value is -2.74. The standard InChI is InChI=1S/C33H44O8/c1-36-31(35)16-8-3-2-7-15-27-28(30(23-29(27)34)41-33-18-10-12-22-38-33)20-19-26(40-32-17-9-11-21-37-32)24-39-25-13-5-4-6-14-25/h3-7,13-14,19-20,26-28,30,32-33H,8-12,15-18,21-24H2,1H3/b20-19+/t2?,26-,27-,28-,30-,32?,33?/m1/s1. The molecule has 0 amide bonds. The number of hydrogen-bond donors (Lipinski definition) is 0. The molecule has 41 heavy (non-hydrogen) atoms. The SMILES string of the molecule is COC(=O)CCC=C=CC[C@H]1C(=O)C[C@@H](OC2CCCCO2)[C@@H]1/C=C/[C@H](COc1ccccc1)OC1CCCCO1. The van der Waals surface area contributed by atoms with Gasteiger partial charge in [0.05, 0.1) is 13.2 Å². The van der Waals surface area contributed by atoms with Crippen molar-refractivity contribution in [1.82, 2.24) is 0 Å². The number of methoxy groups -OCH3 is 1. The fourth-order valence-electron chi connectivity index (χ4n) is 5.41. The monoisotopic (exact) mass is 568 g/mol.